The third-order valence-corrected chi connectivity index (χ3v) is 5.70. The summed E-state index contributed by atoms with van der Waals surface area (Å²) in [6.45, 7) is 0.550. The number of para-hydroxylation sites is 1. The van der Waals surface area contributed by atoms with Crippen LogP contribution >= 0.6 is 11.3 Å². The average Bonchev–Trinajstić information content (AvgIpc) is 3.43. The highest BCUT2D eigenvalue weighted by Crippen LogP contribution is 2.28. The first-order valence-corrected chi connectivity index (χ1v) is 10.3. The van der Waals surface area contributed by atoms with Crippen LogP contribution in [0.5, 0.6) is 0 Å². The van der Waals surface area contributed by atoms with Crippen LogP contribution in [0.3, 0.4) is 0 Å². The smallest absolute Gasteiger partial charge is 0.269 e. The van der Waals surface area contributed by atoms with Crippen LogP contribution < -0.4 is 5.32 Å². The molecule has 0 saturated heterocycles. The summed E-state index contributed by atoms with van der Waals surface area (Å²) in [7, 11) is 0. The third-order valence-electron chi connectivity index (χ3n) is 5.02. The molecule has 0 aliphatic rings. The highest BCUT2D eigenvalue weighted by Gasteiger charge is 2.12. The van der Waals surface area contributed by atoms with Crippen LogP contribution in [0, 0.1) is 0 Å². The quantitative estimate of drug-likeness (QED) is 0.446. The average molecular weight is 398 g/mol. The van der Waals surface area contributed by atoms with E-state index in [2.05, 4.69) is 37.8 Å². The molecule has 0 fully saturated rings. The van der Waals surface area contributed by atoms with E-state index in [1.54, 1.807) is 29.8 Å². The van der Waals surface area contributed by atoms with Crippen LogP contribution in [0.1, 0.15) is 16.1 Å². The minimum Gasteiger partial charge on any atom is -0.361 e. The molecule has 0 unspecified atom stereocenters. The normalized spacial score (nSPS) is 11.2. The van der Waals surface area contributed by atoms with Crippen molar-refractivity contribution >= 4 is 39.0 Å². The fraction of sp³-hybridized carbons (Fsp3) is 0.0870. The van der Waals surface area contributed by atoms with Crippen LogP contribution in [0.4, 0.5) is 0 Å². The molecule has 142 valence electrons. The maximum atomic E-state index is 12.7. The molecule has 0 aliphatic heterocycles. The summed E-state index contributed by atoms with van der Waals surface area (Å²) < 4.78 is 0. The Labute approximate surface area is 171 Å². The fourth-order valence-electron chi connectivity index (χ4n) is 3.54. The molecular weight excluding hydrogens is 380 g/mol. The number of aromatic amines is 1. The Bertz CT molecular complexity index is 1310. The van der Waals surface area contributed by atoms with Gasteiger partial charge in [-0.1, -0.05) is 18.2 Å². The zero-order valence-electron chi connectivity index (χ0n) is 15.6. The van der Waals surface area contributed by atoms with Crippen molar-refractivity contribution in [2.75, 3.05) is 6.54 Å². The predicted octanol–water partition coefficient (Wildman–Crippen LogP) is 4.81. The topological polar surface area (TPSA) is 70.7 Å². The van der Waals surface area contributed by atoms with E-state index >= 15 is 0 Å². The second-order valence-electron chi connectivity index (χ2n) is 6.83. The lowest BCUT2D eigenvalue weighted by molar-refractivity contribution is 0.0949. The van der Waals surface area contributed by atoms with Crippen LogP contribution in [-0.2, 0) is 6.42 Å². The number of amides is 1. The molecule has 0 spiro atoms. The number of thiophene rings is 1. The van der Waals surface area contributed by atoms with Gasteiger partial charge in [-0.2, -0.15) is 11.3 Å². The van der Waals surface area contributed by atoms with E-state index in [4.69, 9.17) is 0 Å². The number of benzene rings is 1. The second-order valence-corrected chi connectivity index (χ2v) is 7.61. The van der Waals surface area contributed by atoms with Crippen LogP contribution in [0.25, 0.3) is 32.9 Å². The van der Waals surface area contributed by atoms with Crippen molar-refractivity contribution in [3.05, 3.63) is 83.1 Å². The van der Waals surface area contributed by atoms with E-state index in [-0.39, 0.29) is 5.91 Å². The molecule has 1 aromatic carbocycles. The number of carbonyl (C=O) groups excluding carboxylic acids is 1. The minimum absolute atomic E-state index is 0.167. The van der Waals surface area contributed by atoms with Crippen LogP contribution in [0.2, 0.25) is 0 Å². The Balaban J connectivity index is 1.35. The Morgan fingerprint density at radius 1 is 1.10 bits per heavy atom. The molecule has 0 bridgehead atoms. The third kappa shape index (κ3) is 3.39. The maximum Gasteiger partial charge on any atom is 0.269 e. The van der Waals surface area contributed by atoms with Gasteiger partial charge in [0.2, 0.25) is 0 Å². The van der Waals surface area contributed by atoms with E-state index in [9.17, 15) is 4.79 Å². The first-order chi connectivity index (χ1) is 14.3. The molecule has 0 radical (unpaired) electrons. The Morgan fingerprint density at radius 2 is 2.03 bits per heavy atom. The number of aromatic nitrogens is 3. The van der Waals surface area contributed by atoms with Gasteiger partial charge in [0.05, 0.1) is 5.52 Å². The lowest BCUT2D eigenvalue weighted by Gasteiger charge is -2.08. The highest BCUT2D eigenvalue weighted by atomic mass is 32.1. The number of fused-ring (bicyclic) bond motifs is 2. The van der Waals surface area contributed by atoms with E-state index in [1.807, 2.05) is 35.8 Å². The maximum absolute atomic E-state index is 12.7. The number of hydrogen-bond donors (Lipinski definition) is 2. The molecule has 5 rings (SSSR count). The number of rotatable bonds is 5. The fourth-order valence-corrected chi connectivity index (χ4v) is 4.19. The van der Waals surface area contributed by atoms with Crippen molar-refractivity contribution in [1.29, 1.82) is 0 Å². The summed E-state index contributed by atoms with van der Waals surface area (Å²) in [6.07, 6.45) is 6.34. The SMILES string of the molecule is O=C(NCCc1c[nH]c2ccccc12)c1ccc2cncc(-c3ccsc3)c2n1. The summed E-state index contributed by atoms with van der Waals surface area (Å²) in [6, 6.07) is 13.9. The van der Waals surface area contributed by atoms with Crippen molar-refractivity contribution in [3.8, 4) is 11.1 Å². The molecular formula is C23H18N4OS. The van der Waals surface area contributed by atoms with Crippen LogP contribution in [0.15, 0.2) is 71.8 Å². The monoisotopic (exact) mass is 398 g/mol. The summed E-state index contributed by atoms with van der Waals surface area (Å²) in [5, 5.41) is 9.19. The predicted molar refractivity (Wildman–Crippen MR) is 117 cm³/mol. The van der Waals surface area contributed by atoms with E-state index < -0.39 is 0 Å². The van der Waals surface area contributed by atoms with Gasteiger partial charge >= 0.3 is 0 Å². The molecule has 0 atom stereocenters. The Morgan fingerprint density at radius 3 is 2.93 bits per heavy atom. The summed E-state index contributed by atoms with van der Waals surface area (Å²) >= 11 is 1.63. The molecule has 4 aromatic heterocycles. The number of hydrogen-bond acceptors (Lipinski definition) is 4. The van der Waals surface area contributed by atoms with E-state index in [0.29, 0.717) is 12.2 Å². The van der Waals surface area contributed by atoms with Gasteiger partial charge in [-0.05, 0) is 52.6 Å². The Hall–Kier alpha value is -3.51. The molecule has 6 heteroatoms. The molecule has 5 aromatic rings. The number of H-pyrrole nitrogens is 1. The molecule has 0 saturated carbocycles. The molecule has 0 aliphatic carbocycles. The molecule has 5 nitrogen and oxygen atoms in total. The van der Waals surface area contributed by atoms with Crippen molar-refractivity contribution in [1.82, 2.24) is 20.3 Å². The van der Waals surface area contributed by atoms with Gasteiger partial charge in [-0.15, -0.1) is 0 Å². The van der Waals surface area contributed by atoms with Crippen molar-refractivity contribution in [3.63, 3.8) is 0 Å². The molecule has 29 heavy (non-hydrogen) atoms. The summed E-state index contributed by atoms with van der Waals surface area (Å²) in [5.74, 6) is -0.167. The van der Waals surface area contributed by atoms with Crippen molar-refractivity contribution in [2.45, 2.75) is 6.42 Å². The van der Waals surface area contributed by atoms with Gasteiger partial charge in [0.25, 0.3) is 5.91 Å². The lowest BCUT2D eigenvalue weighted by atomic mass is 10.1. The van der Waals surface area contributed by atoms with Gasteiger partial charge in [0.1, 0.15) is 5.69 Å². The van der Waals surface area contributed by atoms with Gasteiger partial charge in [-0.3, -0.25) is 9.78 Å². The van der Waals surface area contributed by atoms with Gasteiger partial charge in [0, 0.05) is 47.0 Å². The van der Waals surface area contributed by atoms with Gasteiger partial charge < -0.3 is 10.3 Å². The number of pyridine rings is 2. The lowest BCUT2D eigenvalue weighted by Crippen LogP contribution is -2.26. The highest BCUT2D eigenvalue weighted by molar-refractivity contribution is 7.08. The van der Waals surface area contributed by atoms with Gasteiger partial charge in [0.15, 0.2) is 0 Å². The number of nitrogens with one attached hydrogen (secondary N) is 2. The molecule has 1 amide bonds. The van der Waals surface area contributed by atoms with E-state index in [0.717, 1.165) is 34.0 Å². The van der Waals surface area contributed by atoms with Crippen molar-refractivity contribution < 1.29 is 4.79 Å². The second kappa shape index (κ2) is 7.48. The summed E-state index contributed by atoms with van der Waals surface area (Å²) in [5.41, 5.74) is 5.52. The van der Waals surface area contributed by atoms with Gasteiger partial charge in [-0.25, -0.2) is 4.98 Å². The standard InChI is InChI=1S/C23H18N4OS/c28-23(25-9-7-15-12-26-20-4-2-1-3-18(15)20)21-6-5-16-11-24-13-19(22(16)27-21)17-8-10-29-14-17/h1-6,8,10-14,26H,7,9H2,(H,25,28). The summed E-state index contributed by atoms with van der Waals surface area (Å²) in [4.78, 5) is 24.9. The first kappa shape index (κ1) is 17.6. The van der Waals surface area contributed by atoms with E-state index in [1.165, 1.54) is 10.9 Å². The minimum atomic E-state index is -0.167. The zero-order chi connectivity index (χ0) is 19.6. The van der Waals surface area contributed by atoms with Crippen LogP contribution in [-0.4, -0.2) is 27.4 Å². The van der Waals surface area contributed by atoms with Crippen molar-refractivity contribution in [2.24, 2.45) is 0 Å². The molecule has 2 N–H and O–H groups in total. The zero-order valence-corrected chi connectivity index (χ0v) is 16.4. The number of nitrogens with zero attached hydrogens (tertiary/aromatic N) is 2. The molecule has 4 heterocycles. The Kier molecular flexibility index (Phi) is 4.54. The number of carbonyl (C=O) groups is 1. The first-order valence-electron chi connectivity index (χ1n) is 9.40. The largest absolute Gasteiger partial charge is 0.361 e.